The van der Waals surface area contributed by atoms with E-state index in [0.29, 0.717) is 0 Å². The third-order valence-electron chi connectivity index (χ3n) is 3.03. The van der Waals surface area contributed by atoms with Crippen molar-refractivity contribution in [3.8, 4) is 0 Å². The van der Waals surface area contributed by atoms with Crippen LogP contribution in [0.25, 0.3) is 0 Å². The van der Waals surface area contributed by atoms with Crippen molar-refractivity contribution in [3.05, 3.63) is 29.6 Å². The number of hydrogen-bond donors (Lipinski definition) is 3. The number of ketones is 1. The maximum Gasteiger partial charge on any atom is 0.414 e. The molecule has 1 heterocycles. The molecule has 0 saturated carbocycles. The second kappa shape index (κ2) is 6.96. The molecule has 6 N–H and O–H groups in total. The fourth-order valence-electron chi connectivity index (χ4n) is 2.09. The Morgan fingerprint density at radius 2 is 2.18 bits per heavy atom. The second-order valence-corrected chi connectivity index (χ2v) is 4.66. The predicted molar refractivity (Wildman–Crippen MR) is 76.0 cm³/mol. The number of nitrogens with one attached hydrogen (secondary N) is 1. The monoisotopic (exact) mass is 312 g/mol. The normalized spacial score (nSPS) is 16.8. The summed E-state index contributed by atoms with van der Waals surface area (Å²) < 4.78 is 18.8. The first-order valence-corrected chi connectivity index (χ1v) is 6.20. The van der Waals surface area contributed by atoms with Crippen LogP contribution in [0.5, 0.6) is 0 Å². The number of carbonyl (C=O) groups excluding carboxylic acids is 3. The second-order valence-electron chi connectivity index (χ2n) is 4.66. The van der Waals surface area contributed by atoms with E-state index < -0.39 is 23.9 Å². The number of rotatable bonds is 4. The number of hydrogen-bond acceptors (Lipinski definition) is 6. The van der Waals surface area contributed by atoms with Gasteiger partial charge in [-0.1, -0.05) is 0 Å². The molecule has 2 amide bonds. The highest BCUT2D eigenvalue weighted by Crippen LogP contribution is 2.25. The van der Waals surface area contributed by atoms with Crippen LogP contribution in [0.2, 0.25) is 0 Å². The van der Waals surface area contributed by atoms with Gasteiger partial charge >= 0.3 is 6.09 Å². The molecule has 0 aromatic heterocycles. The van der Waals surface area contributed by atoms with E-state index in [9.17, 15) is 18.8 Å². The molecule has 1 aliphatic heterocycles. The van der Waals surface area contributed by atoms with Crippen LogP contribution in [0.4, 0.5) is 14.9 Å². The number of nitrogens with zero attached hydrogens (tertiary/aromatic N) is 1. The predicted octanol–water partition coefficient (Wildman–Crippen LogP) is 0.895. The molecule has 1 atom stereocenters. The molecule has 1 aliphatic rings. The van der Waals surface area contributed by atoms with E-state index in [1.54, 1.807) is 0 Å². The van der Waals surface area contributed by atoms with Crippen LogP contribution in [0.1, 0.15) is 23.7 Å². The minimum Gasteiger partial charge on any atom is -0.443 e. The third kappa shape index (κ3) is 3.57. The fraction of sp³-hybridized carbons (Fsp3) is 0.308. The maximum absolute atomic E-state index is 13.8. The first-order chi connectivity index (χ1) is 9.92. The molecule has 22 heavy (non-hydrogen) atoms. The van der Waals surface area contributed by atoms with E-state index in [1.165, 1.54) is 24.0 Å². The number of halogens is 1. The average Bonchev–Trinajstić information content (AvgIpc) is 2.77. The van der Waals surface area contributed by atoms with E-state index in [4.69, 9.17) is 10.6 Å². The minimum absolute atomic E-state index is 0. The molecular formula is C13H17FN4O4. The van der Waals surface area contributed by atoms with Crippen molar-refractivity contribution in [2.45, 2.75) is 19.4 Å². The Balaban J connectivity index is 0.00000242. The van der Waals surface area contributed by atoms with Gasteiger partial charge in [0.2, 0.25) is 0 Å². The summed E-state index contributed by atoms with van der Waals surface area (Å²) in [6, 6.07) is 3.67. The van der Waals surface area contributed by atoms with Crippen LogP contribution >= 0.6 is 0 Å². The number of amides is 2. The SMILES string of the molecule is CC(=O)C[C@H]1CN(c2ccc(C(=O)NN)c(F)c2)C(=O)O1.N. The van der Waals surface area contributed by atoms with Crippen molar-refractivity contribution < 1.29 is 23.5 Å². The number of nitrogens with two attached hydrogens (primary N) is 1. The van der Waals surface area contributed by atoms with E-state index in [1.807, 2.05) is 5.43 Å². The van der Waals surface area contributed by atoms with Gasteiger partial charge in [0.25, 0.3) is 5.91 Å². The average molecular weight is 312 g/mol. The van der Waals surface area contributed by atoms with Crippen LogP contribution in [0, 0.1) is 5.82 Å². The molecule has 2 rings (SSSR count). The summed E-state index contributed by atoms with van der Waals surface area (Å²) in [5.41, 5.74) is 1.85. The lowest BCUT2D eigenvalue weighted by molar-refractivity contribution is -0.118. The summed E-state index contributed by atoms with van der Waals surface area (Å²) in [5.74, 6) is 3.26. The summed E-state index contributed by atoms with van der Waals surface area (Å²) in [6.07, 6.45) is -1.10. The highest BCUT2D eigenvalue weighted by atomic mass is 19.1. The zero-order valence-electron chi connectivity index (χ0n) is 12.0. The number of nitrogen functional groups attached to an aromatic ring is 1. The Hall–Kier alpha value is -2.52. The van der Waals surface area contributed by atoms with Crippen LogP contribution in [0.3, 0.4) is 0 Å². The molecule has 8 nitrogen and oxygen atoms in total. The molecule has 1 fully saturated rings. The first-order valence-electron chi connectivity index (χ1n) is 6.20. The summed E-state index contributed by atoms with van der Waals surface area (Å²) in [5, 5.41) is 0. The van der Waals surface area contributed by atoms with Crippen molar-refractivity contribution in [1.29, 1.82) is 0 Å². The van der Waals surface area contributed by atoms with E-state index >= 15 is 0 Å². The molecule has 0 spiro atoms. The van der Waals surface area contributed by atoms with Crippen molar-refractivity contribution in [1.82, 2.24) is 11.6 Å². The highest BCUT2D eigenvalue weighted by molar-refractivity contribution is 5.95. The Kier molecular flexibility index (Phi) is 5.55. The number of carbonyl (C=O) groups is 3. The number of hydrazine groups is 1. The smallest absolute Gasteiger partial charge is 0.414 e. The minimum atomic E-state index is -0.807. The van der Waals surface area contributed by atoms with Gasteiger partial charge < -0.3 is 10.9 Å². The van der Waals surface area contributed by atoms with E-state index in [0.717, 1.165) is 6.07 Å². The quantitative estimate of drug-likeness (QED) is 0.429. The largest absolute Gasteiger partial charge is 0.443 e. The van der Waals surface area contributed by atoms with Gasteiger partial charge in [0, 0.05) is 6.42 Å². The Morgan fingerprint density at radius 1 is 1.50 bits per heavy atom. The summed E-state index contributed by atoms with van der Waals surface area (Å²) >= 11 is 0. The van der Waals surface area contributed by atoms with Crippen LogP contribution < -0.4 is 22.3 Å². The molecule has 0 aliphatic carbocycles. The van der Waals surface area contributed by atoms with Crippen LogP contribution in [-0.4, -0.2) is 30.4 Å². The van der Waals surface area contributed by atoms with Gasteiger partial charge in [0.1, 0.15) is 17.7 Å². The first kappa shape index (κ1) is 17.5. The lowest BCUT2D eigenvalue weighted by Gasteiger charge is -2.13. The fourth-order valence-corrected chi connectivity index (χ4v) is 2.09. The van der Waals surface area contributed by atoms with Crippen molar-refractivity contribution in [2.24, 2.45) is 5.84 Å². The molecule has 1 aromatic carbocycles. The Morgan fingerprint density at radius 3 is 2.73 bits per heavy atom. The number of anilines is 1. The molecule has 1 saturated heterocycles. The van der Waals surface area contributed by atoms with Crippen LogP contribution in [-0.2, 0) is 9.53 Å². The van der Waals surface area contributed by atoms with Crippen molar-refractivity contribution >= 4 is 23.5 Å². The van der Waals surface area contributed by atoms with Gasteiger partial charge in [-0.25, -0.2) is 15.0 Å². The van der Waals surface area contributed by atoms with Crippen molar-refractivity contribution in [2.75, 3.05) is 11.4 Å². The van der Waals surface area contributed by atoms with Crippen LogP contribution in [0.15, 0.2) is 18.2 Å². The molecule has 0 bridgehead atoms. The van der Waals surface area contributed by atoms with E-state index in [-0.39, 0.29) is 36.2 Å². The molecule has 0 unspecified atom stereocenters. The molecular weight excluding hydrogens is 295 g/mol. The van der Waals surface area contributed by atoms with Gasteiger partial charge in [0.05, 0.1) is 17.8 Å². The number of Topliss-reactive ketones (excluding diaryl/α,β-unsaturated/α-hetero) is 1. The molecule has 120 valence electrons. The molecule has 0 radical (unpaired) electrons. The zero-order valence-corrected chi connectivity index (χ0v) is 12.0. The molecule has 1 aromatic rings. The maximum atomic E-state index is 13.8. The van der Waals surface area contributed by atoms with Gasteiger partial charge in [0.15, 0.2) is 0 Å². The van der Waals surface area contributed by atoms with Gasteiger partial charge in [-0.15, -0.1) is 0 Å². The highest BCUT2D eigenvalue weighted by Gasteiger charge is 2.33. The standard InChI is InChI=1S/C13H14FN3O4.H3N/c1-7(18)4-9-6-17(13(20)21-9)8-2-3-10(11(14)5-8)12(19)16-15;/h2-3,5,9H,4,6,15H2,1H3,(H,16,19);1H3/t9-;/m0./s1. The lowest BCUT2D eigenvalue weighted by Crippen LogP contribution is -2.31. The number of ether oxygens (including phenoxy) is 1. The summed E-state index contributed by atoms with van der Waals surface area (Å²) in [4.78, 5) is 35.2. The topological polar surface area (TPSA) is 137 Å². The number of cyclic esters (lactones) is 1. The van der Waals surface area contributed by atoms with Gasteiger partial charge in [-0.05, 0) is 25.1 Å². The van der Waals surface area contributed by atoms with E-state index in [2.05, 4.69) is 0 Å². The summed E-state index contributed by atoms with van der Waals surface area (Å²) in [6.45, 7) is 1.55. The summed E-state index contributed by atoms with van der Waals surface area (Å²) in [7, 11) is 0. The number of benzene rings is 1. The van der Waals surface area contributed by atoms with Gasteiger partial charge in [-0.2, -0.15) is 0 Å². The third-order valence-corrected chi connectivity index (χ3v) is 3.03. The lowest BCUT2D eigenvalue weighted by atomic mass is 10.1. The zero-order chi connectivity index (χ0) is 15.6. The van der Waals surface area contributed by atoms with Crippen molar-refractivity contribution in [3.63, 3.8) is 0 Å². The molecule has 9 heteroatoms. The van der Waals surface area contributed by atoms with Gasteiger partial charge in [-0.3, -0.25) is 19.9 Å². The Labute approximate surface area is 125 Å². The Bertz CT molecular complexity index is 608.